The fourth-order valence-electron chi connectivity index (χ4n) is 0.583. The van der Waals surface area contributed by atoms with Gasteiger partial charge in [0.25, 0.3) is 0 Å². The first-order chi connectivity index (χ1) is 6.13. The minimum absolute atomic E-state index is 0.483. The summed E-state index contributed by atoms with van der Waals surface area (Å²) in [5, 5.41) is 2.30. The molecule has 1 aromatic rings. The molecule has 4 nitrogen and oxygen atoms in total. The van der Waals surface area contributed by atoms with Crippen molar-refractivity contribution in [2.75, 3.05) is 7.05 Å². The van der Waals surface area contributed by atoms with Crippen LogP contribution >= 0.6 is 22.9 Å². The number of carbonyl (C=O) groups excluding carboxylic acids is 1. The smallest absolute Gasteiger partial charge is 0.326 e. The van der Waals surface area contributed by atoms with E-state index >= 15 is 0 Å². The van der Waals surface area contributed by atoms with E-state index in [1.807, 2.05) is 0 Å². The van der Waals surface area contributed by atoms with E-state index in [2.05, 4.69) is 10.0 Å². The zero-order chi connectivity index (χ0) is 9.84. The van der Waals surface area contributed by atoms with Crippen LogP contribution in [0.5, 0.6) is 0 Å². The van der Waals surface area contributed by atoms with Gasteiger partial charge in [-0.05, 0) is 12.1 Å². The first kappa shape index (κ1) is 10.5. The molecule has 0 saturated carbocycles. The third kappa shape index (κ3) is 2.98. The fourth-order valence-corrected chi connectivity index (χ4v) is 2.76. The molecule has 0 saturated heterocycles. The summed E-state index contributed by atoms with van der Waals surface area (Å²) >= 11 is 6.80. The van der Waals surface area contributed by atoms with E-state index < -0.39 is 17.0 Å². The molecule has 7 heteroatoms. The van der Waals surface area contributed by atoms with E-state index in [0.29, 0.717) is 8.55 Å². The van der Waals surface area contributed by atoms with Crippen molar-refractivity contribution in [1.29, 1.82) is 0 Å². The molecule has 2 N–H and O–H groups in total. The molecule has 1 atom stereocenters. The zero-order valence-corrected chi connectivity index (χ0v) is 9.05. The highest BCUT2D eigenvalue weighted by Gasteiger charge is 2.08. The van der Waals surface area contributed by atoms with Gasteiger partial charge < -0.3 is 5.32 Å². The summed E-state index contributed by atoms with van der Waals surface area (Å²) in [5.74, 6) is 0. The zero-order valence-electron chi connectivity index (χ0n) is 6.67. The average molecular weight is 239 g/mol. The largest absolute Gasteiger partial charge is 0.340 e. The lowest BCUT2D eigenvalue weighted by Gasteiger charge is -2.00. The molecule has 2 amide bonds. The minimum Gasteiger partial charge on any atom is -0.340 e. The van der Waals surface area contributed by atoms with Crippen molar-refractivity contribution in [1.82, 2.24) is 10.0 Å². The molecular weight excluding hydrogens is 232 g/mol. The van der Waals surface area contributed by atoms with Crippen LogP contribution in [0.25, 0.3) is 0 Å². The van der Waals surface area contributed by atoms with E-state index in [0.717, 1.165) is 0 Å². The summed E-state index contributed by atoms with van der Waals surface area (Å²) in [6.07, 6.45) is 0. The highest BCUT2D eigenvalue weighted by atomic mass is 35.5. The number of amides is 2. The topological polar surface area (TPSA) is 58.2 Å². The van der Waals surface area contributed by atoms with Crippen LogP contribution in [0, 0.1) is 0 Å². The lowest BCUT2D eigenvalue weighted by atomic mass is 10.7. The third-order valence-corrected chi connectivity index (χ3v) is 3.75. The van der Waals surface area contributed by atoms with Gasteiger partial charge in [0.1, 0.15) is 4.21 Å². The van der Waals surface area contributed by atoms with Gasteiger partial charge in [-0.25, -0.2) is 9.00 Å². The van der Waals surface area contributed by atoms with Crippen molar-refractivity contribution < 1.29 is 9.00 Å². The molecule has 1 rings (SSSR count). The number of carbonyl (C=O) groups is 1. The van der Waals surface area contributed by atoms with Gasteiger partial charge in [-0.1, -0.05) is 11.6 Å². The lowest BCUT2D eigenvalue weighted by Crippen LogP contribution is -2.33. The van der Waals surface area contributed by atoms with Crippen molar-refractivity contribution in [3.05, 3.63) is 16.5 Å². The van der Waals surface area contributed by atoms with Gasteiger partial charge in [0, 0.05) is 7.05 Å². The van der Waals surface area contributed by atoms with Gasteiger partial charge in [-0.15, -0.1) is 11.3 Å². The number of thiophene rings is 1. The van der Waals surface area contributed by atoms with Crippen molar-refractivity contribution in [2.45, 2.75) is 4.21 Å². The van der Waals surface area contributed by atoms with E-state index in [-0.39, 0.29) is 0 Å². The van der Waals surface area contributed by atoms with E-state index in [1.165, 1.54) is 18.4 Å². The number of hydrogen-bond acceptors (Lipinski definition) is 3. The monoisotopic (exact) mass is 238 g/mol. The van der Waals surface area contributed by atoms with E-state index in [9.17, 15) is 9.00 Å². The molecule has 1 aromatic heterocycles. The quantitative estimate of drug-likeness (QED) is 0.817. The van der Waals surface area contributed by atoms with Crippen LogP contribution in [0.1, 0.15) is 0 Å². The minimum atomic E-state index is -1.52. The maximum Gasteiger partial charge on any atom is 0.326 e. The van der Waals surface area contributed by atoms with Crippen LogP contribution in [0.3, 0.4) is 0 Å². The Hall–Kier alpha value is -0.590. The summed E-state index contributed by atoms with van der Waals surface area (Å²) in [6.45, 7) is 0. The van der Waals surface area contributed by atoms with Crippen LogP contribution in [-0.4, -0.2) is 17.3 Å². The summed E-state index contributed by atoms with van der Waals surface area (Å²) < 4.78 is 14.6. The maximum atomic E-state index is 11.3. The fraction of sp³-hybridized carbons (Fsp3) is 0.167. The van der Waals surface area contributed by atoms with Crippen LogP contribution in [0.15, 0.2) is 16.3 Å². The van der Waals surface area contributed by atoms with Crippen molar-refractivity contribution in [3.8, 4) is 0 Å². The molecular formula is C6H7ClN2O2S2. The normalized spacial score (nSPS) is 12.2. The molecule has 1 heterocycles. The predicted octanol–water partition coefficient (Wildman–Crippen LogP) is 1.35. The molecule has 0 aliphatic rings. The Morgan fingerprint density at radius 3 is 2.77 bits per heavy atom. The standard InChI is InChI=1S/C6H7ClN2O2S2/c1-8-6(10)9-13(11)5-3-2-4(7)12-5/h2-3H,1H3,(H2,8,9,10). The molecule has 0 fully saturated rings. The Bertz CT molecular complexity index is 339. The van der Waals surface area contributed by atoms with Gasteiger partial charge in [-0.3, -0.25) is 4.72 Å². The molecule has 1 unspecified atom stereocenters. The van der Waals surface area contributed by atoms with Gasteiger partial charge >= 0.3 is 6.03 Å². The highest BCUT2D eigenvalue weighted by Crippen LogP contribution is 2.23. The molecule has 72 valence electrons. The Kier molecular flexibility index (Phi) is 3.71. The molecule has 0 aromatic carbocycles. The van der Waals surface area contributed by atoms with Gasteiger partial charge in [0.15, 0.2) is 11.0 Å². The molecule has 0 aliphatic heterocycles. The van der Waals surface area contributed by atoms with Crippen molar-refractivity contribution in [2.24, 2.45) is 0 Å². The Morgan fingerprint density at radius 1 is 1.62 bits per heavy atom. The molecule has 0 spiro atoms. The predicted molar refractivity (Wildman–Crippen MR) is 53.3 cm³/mol. The molecule has 13 heavy (non-hydrogen) atoms. The summed E-state index contributed by atoms with van der Waals surface area (Å²) in [6, 6.07) is 2.76. The second kappa shape index (κ2) is 4.59. The number of nitrogens with one attached hydrogen (secondary N) is 2. The summed E-state index contributed by atoms with van der Waals surface area (Å²) in [5.41, 5.74) is 0. The van der Waals surface area contributed by atoms with E-state index in [4.69, 9.17) is 11.6 Å². The van der Waals surface area contributed by atoms with Gasteiger partial charge in [0.2, 0.25) is 0 Å². The number of urea groups is 1. The van der Waals surface area contributed by atoms with Gasteiger partial charge in [0.05, 0.1) is 4.34 Å². The van der Waals surface area contributed by atoms with Crippen LogP contribution in [0.4, 0.5) is 4.79 Å². The number of hydrogen-bond donors (Lipinski definition) is 2. The summed E-state index contributed by atoms with van der Waals surface area (Å²) in [7, 11) is -0.0682. The second-order valence-electron chi connectivity index (χ2n) is 2.01. The third-order valence-electron chi connectivity index (χ3n) is 1.14. The van der Waals surface area contributed by atoms with Crippen molar-refractivity contribution >= 4 is 40.0 Å². The second-order valence-corrected chi connectivity index (χ2v) is 5.16. The Labute approximate surface area is 86.9 Å². The maximum absolute atomic E-state index is 11.3. The number of halogens is 1. The molecule has 0 radical (unpaired) electrons. The first-order valence-corrected chi connectivity index (χ1v) is 5.63. The van der Waals surface area contributed by atoms with Crippen LogP contribution < -0.4 is 10.0 Å². The molecule has 0 aliphatic carbocycles. The Balaban J connectivity index is 2.64. The van der Waals surface area contributed by atoms with E-state index in [1.54, 1.807) is 12.1 Å². The van der Waals surface area contributed by atoms with Crippen molar-refractivity contribution in [3.63, 3.8) is 0 Å². The first-order valence-electron chi connectivity index (χ1n) is 3.29. The number of rotatable bonds is 2. The van der Waals surface area contributed by atoms with Gasteiger partial charge in [-0.2, -0.15) is 0 Å². The SMILES string of the molecule is CNC(=O)NS(=O)c1ccc(Cl)s1. The molecule has 0 bridgehead atoms. The van der Waals surface area contributed by atoms with Crippen LogP contribution in [0.2, 0.25) is 4.34 Å². The summed E-state index contributed by atoms with van der Waals surface area (Å²) in [4.78, 5) is 10.8. The average Bonchev–Trinajstić information content (AvgIpc) is 2.51. The highest BCUT2D eigenvalue weighted by molar-refractivity contribution is 7.86. The Morgan fingerprint density at radius 2 is 2.31 bits per heavy atom. The lowest BCUT2D eigenvalue weighted by molar-refractivity contribution is 0.248. The van der Waals surface area contributed by atoms with Crippen LogP contribution in [-0.2, 0) is 11.0 Å².